The maximum Gasteiger partial charge on any atom is 0.163 e. The van der Waals surface area contributed by atoms with Crippen molar-refractivity contribution >= 4 is 0 Å². The van der Waals surface area contributed by atoms with E-state index in [4.69, 9.17) is 5.73 Å². The van der Waals surface area contributed by atoms with Crippen LogP contribution >= 0.6 is 0 Å². The molecule has 0 heterocycles. The Morgan fingerprint density at radius 2 is 1.95 bits per heavy atom. The second-order valence-corrected chi connectivity index (χ2v) is 5.88. The van der Waals surface area contributed by atoms with Gasteiger partial charge in [-0.1, -0.05) is 12.1 Å². The Hall–Kier alpha value is -1.00. The molecule has 2 N–H and O–H groups in total. The molecule has 104 valence electrons. The van der Waals surface area contributed by atoms with E-state index in [-0.39, 0.29) is 0 Å². The van der Waals surface area contributed by atoms with E-state index in [2.05, 4.69) is 4.90 Å². The van der Waals surface area contributed by atoms with Crippen LogP contribution in [0.3, 0.4) is 0 Å². The molecule has 2 nitrogen and oxygen atoms in total. The minimum Gasteiger partial charge on any atom is -0.323 e. The van der Waals surface area contributed by atoms with Gasteiger partial charge in [0.2, 0.25) is 0 Å². The van der Waals surface area contributed by atoms with E-state index in [9.17, 15) is 8.78 Å². The topological polar surface area (TPSA) is 29.3 Å². The highest BCUT2D eigenvalue weighted by molar-refractivity contribution is 5.22. The van der Waals surface area contributed by atoms with Gasteiger partial charge in [-0.05, 0) is 37.7 Å². The molecule has 2 aliphatic carbocycles. The smallest absolute Gasteiger partial charge is 0.163 e. The van der Waals surface area contributed by atoms with Crippen LogP contribution in [0.1, 0.15) is 37.3 Å². The van der Waals surface area contributed by atoms with Crippen molar-refractivity contribution in [3.8, 4) is 0 Å². The van der Waals surface area contributed by atoms with Crippen LogP contribution in [0.5, 0.6) is 0 Å². The molecule has 2 aliphatic rings. The van der Waals surface area contributed by atoms with E-state index >= 15 is 0 Å². The van der Waals surface area contributed by atoms with E-state index < -0.39 is 17.7 Å². The summed E-state index contributed by atoms with van der Waals surface area (Å²) in [5.74, 6) is -0.810. The van der Waals surface area contributed by atoms with Crippen molar-refractivity contribution in [2.24, 2.45) is 11.7 Å². The van der Waals surface area contributed by atoms with E-state index in [0.717, 1.165) is 18.5 Å². The van der Waals surface area contributed by atoms with E-state index in [0.29, 0.717) is 18.2 Å². The number of halogens is 2. The van der Waals surface area contributed by atoms with Crippen molar-refractivity contribution in [2.75, 3.05) is 13.1 Å². The van der Waals surface area contributed by atoms with Crippen LogP contribution in [-0.2, 0) is 0 Å². The molecule has 2 fully saturated rings. The number of rotatable bonds is 6. The number of nitrogens with zero attached hydrogens (tertiary/aromatic N) is 1. The normalized spacial score (nSPS) is 20.8. The first-order chi connectivity index (χ1) is 9.15. The molecule has 0 saturated heterocycles. The van der Waals surface area contributed by atoms with E-state index in [1.54, 1.807) is 6.07 Å². The predicted octanol–water partition coefficient (Wildman–Crippen LogP) is 2.84. The molecule has 0 radical (unpaired) electrons. The van der Waals surface area contributed by atoms with Gasteiger partial charge in [0.25, 0.3) is 0 Å². The molecule has 1 aromatic carbocycles. The van der Waals surface area contributed by atoms with E-state index in [1.165, 1.54) is 31.7 Å². The van der Waals surface area contributed by atoms with Gasteiger partial charge in [-0.3, -0.25) is 4.90 Å². The summed E-state index contributed by atoms with van der Waals surface area (Å²) in [5.41, 5.74) is 6.37. The molecule has 1 unspecified atom stereocenters. The van der Waals surface area contributed by atoms with Gasteiger partial charge in [-0.25, -0.2) is 8.78 Å². The summed E-state index contributed by atoms with van der Waals surface area (Å²) >= 11 is 0. The van der Waals surface area contributed by atoms with Gasteiger partial charge in [0, 0.05) is 30.7 Å². The molecule has 0 spiro atoms. The van der Waals surface area contributed by atoms with Crippen LogP contribution < -0.4 is 5.73 Å². The number of hydrogen-bond acceptors (Lipinski definition) is 2. The van der Waals surface area contributed by atoms with Crippen molar-refractivity contribution in [1.82, 2.24) is 4.90 Å². The summed E-state index contributed by atoms with van der Waals surface area (Å²) in [4.78, 5) is 2.37. The van der Waals surface area contributed by atoms with Crippen molar-refractivity contribution in [1.29, 1.82) is 0 Å². The first kappa shape index (κ1) is 13.0. The summed E-state index contributed by atoms with van der Waals surface area (Å²) in [5, 5.41) is 0. The SMILES string of the molecule is NC(CN(CC1CC1)C1CC1)c1cccc(F)c1F. The maximum atomic E-state index is 13.7. The number of hydrogen-bond donors (Lipinski definition) is 1. The fourth-order valence-electron chi connectivity index (χ4n) is 2.60. The largest absolute Gasteiger partial charge is 0.323 e. The second kappa shape index (κ2) is 5.17. The zero-order chi connectivity index (χ0) is 13.4. The van der Waals surface area contributed by atoms with E-state index in [1.807, 2.05) is 0 Å². The van der Waals surface area contributed by atoms with Gasteiger partial charge in [-0.2, -0.15) is 0 Å². The van der Waals surface area contributed by atoms with Crippen molar-refractivity contribution in [2.45, 2.75) is 37.8 Å². The molecule has 2 saturated carbocycles. The van der Waals surface area contributed by atoms with Gasteiger partial charge < -0.3 is 5.73 Å². The van der Waals surface area contributed by atoms with Crippen molar-refractivity contribution in [3.05, 3.63) is 35.4 Å². The lowest BCUT2D eigenvalue weighted by Gasteiger charge is -2.26. The fourth-order valence-corrected chi connectivity index (χ4v) is 2.60. The second-order valence-electron chi connectivity index (χ2n) is 5.88. The predicted molar refractivity (Wildman–Crippen MR) is 70.6 cm³/mol. The molecule has 0 aliphatic heterocycles. The molecule has 19 heavy (non-hydrogen) atoms. The lowest BCUT2D eigenvalue weighted by atomic mass is 10.1. The summed E-state index contributed by atoms with van der Waals surface area (Å²) in [6.07, 6.45) is 5.02. The minimum atomic E-state index is -0.812. The highest BCUT2D eigenvalue weighted by atomic mass is 19.2. The molecule has 4 heteroatoms. The first-order valence-corrected chi connectivity index (χ1v) is 7.08. The summed E-state index contributed by atoms with van der Waals surface area (Å²) in [7, 11) is 0. The zero-order valence-electron chi connectivity index (χ0n) is 11.0. The Labute approximate surface area is 112 Å². The quantitative estimate of drug-likeness (QED) is 0.858. The van der Waals surface area contributed by atoms with Crippen LogP contribution in [0.15, 0.2) is 18.2 Å². The Morgan fingerprint density at radius 3 is 2.58 bits per heavy atom. The average molecular weight is 266 g/mol. The third-order valence-corrected chi connectivity index (χ3v) is 4.07. The van der Waals surface area contributed by atoms with Gasteiger partial charge >= 0.3 is 0 Å². The Bertz CT molecular complexity index is 455. The lowest BCUT2D eigenvalue weighted by Crippen LogP contribution is -2.35. The van der Waals surface area contributed by atoms with Gasteiger partial charge in [0.1, 0.15) is 0 Å². The maximum absolute atomic E-state index is 13.7. The molecule has 0 amide bonds. The van der Waals surface area contributed by atoms with Gasteiger partial charge in [-0.15, -0.1) is 0 Å². The number of benzene rings is 1. The van der Waals surface area contributed by atoms with Crippen LogP contribution in [-0.4, -0.2) is 24.0 Å². The van der Waals surface area contributed by atoms with Crippen LogP contribution in [0.25, 0.3) is 0 Å². The molecule has 1 atom stereocenters. The number of nitrogens with two attached hydrogens (primary N) is 1. The highest BCUT2D eigenvalue weighted by Gasteiger charge is 2.34. The average Bonchev–Trinajstić information content (AvgIpc) is 3.25. The monoisotopic (exact) mass is 266 g/mol. The van der Waals surface area contributed by atoms with Crippen molar-refractivity contribution in [3.63, 3.8) is 0 Å². The highest BCUT2D eigenvalue weighted by Crippen LogP contribution is 2.35. The molecule has 3 rings (SSSR count). The Morgan fingerprint density at radius 1 is 1.21 bits per heavy atom. The zero-order valence-corrected chi connectivity index (χ0v) is 11.0. The Kier molecular flexibility index (Phi) is 3.54. The minimum absolute atomic E-state index is 0.293. The third kappa shape index (κ3) is 3.12. The summed E-state index contributed by atoms with van der Waals surface area (Å²) < 4.78 is 26.9. The van der Waals surface area contributed by atoms with Gasteiger partial charge in [0.05, 0.1) is 0 Å². The standard InChI is InChI=1S/C15H20F2N2/c16-13-3-1-2-12(15(13)17)14(18)9-19(11-6-7-11)8-10-4-5-10/h1-3,10-11,14H,4-9,18H2. The molecular weight excluding hydrogens is 246 g/mol. The van der Waals surface area contributed by atoms with Crippen LogP contribution in [0, 0.1) is 17.6 Å². The molecular formula is C15H20F2N2. The Balaban J connectivity index is 1.68. The fraction of sp³-hybridized carbons (Fsp3) is 0.600. The lowest BCUT2D eigenvalue weighted by molar-refractivity contribution is 0.236. The summed E-state index contributed by atoms with van der Waals surface area (Å²) in [6.45, 7) is 1.69. The van der Waals surface area contributed by atoms with Crippen molar-refractivity contribution < 1.29 is 8.78 Å². The first-order valence-electron chi connectivity index (χ1n) is 7.08. The molecule has 0 aromatic heterocycles. The van der Waals surface area contributed by atoms with Gasteiger partial charge in [0.15, 0.2) is 11.6 Å². The van der Waals surface area contributed by atoms with Crippen LogP contribution in [0.2, 0.25) is 0 Å². The summed E-state index contributed by atoms with van der Waals surface area (Å²) in [6, 6.07) is 4.41. The van der Waals surface area contributed by atoms with Crippen LogP contribution in [0.4, 0.5) is 8.78 Å². The third-order valence-electron chi connectivity index (χ3n) is 4.07. The molecule has 1 aromatic rings. The molecule has 0 bridgehead atoms.